The lowest BCUT2D eigenvalue weighted by Gasteiger charge is -2.23. The molecule has 0 heterocycles. The van der Waals surface area contributed by atoms with Crippen LogP contribution >= 0.6 is 0 Å². The second kappa shape index (κ2) is 10.7. The normalized spacial score (nSPS) is 12.5. The third-order valence-electron chi connectivity index (χ3n) is 6.82. The van der Waals surface area contributed by atoms with Gasteiger partial charge in [-0.15, -0.1) is 0 Å². The number of rotatable bonds is 7. The van der Waals surface area contributed by atoms with Crippen molar-refractivity contribution in [2.24, 2.45) is 0 Å². The Morgan fingerprint density at radius 2 is 1.03 bits per heavy atom. The summed E-state index contributed by atoms with van der Waals surface area (Å²) in [5.41, 5.74) is 7.23. The average Bonchev–Trinajstić information content (AvgIpc) is 2.85. The van der Waals surface area contributed by atoms with Crippen LogP contribution < -0.4 is 0 Å². The smallest absolute Gasteiger partial charge is 0.0619 e. The van der Waals surface area contributed by atoms with E-state index in [9.17, 15) is 0 Å². The molecule has 0 N–H and O–H groups in total. The molecule has 1 atom stereocenters. The molecule has 0 nitrogen and oxygen atoms in total. The average molecular weight is 466 g/mol. The summed E-state index contributed by atoms with van der Waals surface area (Å²) < 4.78 is 0. The summed E-state index contributed by atoms with van der Waals surface area (Å²) in [4.78, 5) is 4.10. The summed E-state index contributed by atoms with van der Waals surface area (Å²) in [7, 11) is -0.127. The summed E-state index contributed by atoms with van der Waals surface area (Å²) >= 11 is 0. The zero-order valence-corrected chi connectivity index (χ0v) is 22.2. The first-order valence-corrected chi connectivity index (χ1v) is 13.7. The van der Waals surface area contributed by atoms with E-state index in [0.717, 1.165) is 0 Å². The molecular formula is C33H37S+. The Hall–Kier alpha value is -2.77. The highest BCUT2D eigenvalue weighted by atomic mass is 32.2. The Bertz CT molecular complexity index is 1180. The van der Waals surface area contributed by atoms with Gasteiger partial charge in [-0.2, -0.15) is 0 Å². The molecule has 0 aliphatic heterocycles. The van der Waals surface area contributed by atoms with Crippen LogP contribution in [0.2, 0.25) is 0 Å². The van der Waals surface area contributed by atoms with Crippen molar-refractivity contribution in [1.82, 2.24) is 0 Å². The Morgan fingerprint density at radius 1 is 0.500 bits per heavy atom. The van der Waals surface area contributed by atoms with Gasteiger partial charge in [-0.25, -0.2) is 0 Å². The monoisotopic (exact) mass is 465 g/mol. The number of benzene rings is 4. The van der Waals surface area contributed by atoms with Crippen molar-refractivity contribution in [2.75, 3.05) is 0 Å². The summed E-state index contributed by atoms with van der Waals surface area (Å²) in [5.74, 6) is 1.39. The van der Waals surface area contributed by atoms with E-state index in [1.807, 2.05) is 0 Å². The summed E-state index contributed by atoms with van der Waals surface area (Å²) in [6, 6.07) is 36.0. The van der Waals surface area contributed by atoms with Gasteiger partial charge in [-0.05, 0) is 83.0 Å². The standard InChI is InChI=1S/C33H37S/c1-23(2)28-21-32(24(3)4)26(6)33(22-28)25(5)27-14-13-19-31(20-27)34(29-15-9-7-10-16-29)30-17-11-8-12-18-30/h7-25H,1-6H3/q+1. The van der Waals surface area contributed by atoms with E-state index in [4.69, 9.17) is 0 Å². The molecule has 4 aromatic carbocycles. The van der Waals surface area contributed by atoms with Crippen LogP contribution in [0.4, 0.5) is 0 Å². The van der Waals surface area contributed by atoms with Gasteiger partial charge in [-0.3, -0.25) is 0 Å². The van der Waals surface area contributed by atoms with Crippen molar-refractivity contribution < 1.29 is 0 Å². The first kappa shape index (κ1) is 24.4. The van der Waals surface area contributed by atoms with Crippen LogP contribution in [0, 0.1) is 6.92 Å². The van der Waals surface area contributed by atoms with Crippen LogP contribution in [0.25, 0.3) is 0 Å². The molecule has 0 saturated carbocycles. The Morgan fingerprint density at radius 3 is 1.56 bits per heavy atom. The third kappa shape index (κ3) is 5.15. The van der Waals surface area contributed by atoms with Crippen molar-refractivity contribution >= 4 is 10.9 Å². The molecule has 1 heteroatoms. The molecule has 174 valence electrons. The fourth-order valence-corrected chi connectivity index (χ4v) is 6.92. The highest BCUT2D eigenvalue weighted by Gasteiger charge is 2.29. The van der Waals surface area contributed by atoms with Crippen LogP contribution in [-0.4, -0.2) is 0 Å². The molecule has 1 unspecified atom stereocenters. The summed E-state index contributed by atoms with van der Waals surface area (Å²) in [5, 5.41) is 0. The fraction of sp³-hybridized carbons (Fsp3) is 0.273. The molecule has 0 radical (unpaired) electrons. The van der Waals surface area contributed by atoms with Crippen molar-refractivity contribution in [3.63, 3.8) is 0 Å². The zero-order valence-electron chi connectivity index (χ0n) is 21.4. The highest BCUT2D eigenvalue weighted by Crippen LogP contribution is 2.37. The Kier molecular flexibility index (Phi) is 7.63. The van der Waals surface area contributed by atoms with E-state index in [-0.39, 0.29) is 10.9 Å². The van der Waals surface area contributed by atoms with Crippen molar-refractivity contribution in [3.05, 3.63) is 125 Å². The second-order valence-corrected chi connectivity index (χ2v) is 11.9. The van der Waals surface area contributed by atoms with Crippen LogP contribution in [0.1, 0.15) is 80.2 Å². The van der Waals surface area contributed by atoms with Gasteiger partial charge in [-0.1, -0.05) is 95.3 Å². The molecule has 0 spiro atoms. The fourth-order valence-electron chi connectivity index (χ4n) is 4.78. The number of hydrogen-bond acceptors (Lipinski definition) is 0. The quantitative estimate of drug-likeness (QED) is 0.238. The van der Waals surface area contributed by atoms with Gasteiger partial charge in [0.15, 0.2) is 14.7 Å². The molecule has 34 heavy (non-hydrogen) atoms. The van der Waals surface area contributed by atoms with E-state index in [0.29, 0.717) is 17.8 Å². The maximum absolute atomic E-state index is 2.46. The van der Waals surface area contributed by atoms with Gasteiger partial charge in [0, 0.05) is 5.92 Å². The van der Waals surface area contributed by atoms with E-state index in [1.54, 1.807) is 0 Å². The van der Waals surface area contributed by atoms with Crippen LogP contribution in [0.5, 0.6) is 0 Å². The Labute approximate surface area is 209 Å². The minimum Gasteiger partial charge on any atom is -0.0619 e. The molecule has 0 bridgehead atoms. The van der Waals surface area contributed by atoms with Crippen LogP contribution in [0.3, 0.4) is 0 Å². The lowest BCUT2D eigenvalue weighted by atomic mass is 9.82. The van der Waals surface area contributed by atoms with Crippen molar-refractivity contribution in [1.29, 1.82) is 0 Å². The number of hydrogen-bond donors (Lipinski definition) is 0. The van der Waals surface area contributed by atoms with E-state index in [2.05, 4.69) is 139 Å². The lowest BCUT2D eigenvalue weighted by Crippen LogP contribution is -2.08. The summed E-state index contributed by atoms with van der Waals surface area (Å²) in [6.45, 7) is 13.9. The molecule has 4 aromatic rings. The zero-order chi connectivity index (χ0) is 24.2. The lowest BCUT2D eigenvalue weighted by molar-refractivity contribution is 0.804. The summed E-state index contributed by atoms with van der Waals surface area (Å²) in [6.07, 6.45) is 0. The van der Waals surface area contributed by atoms with E-state index in [1.165, 1.54) is 42.5 Å². The molecule has 4 rings (SSSR count). The highest BCUT2D eigenvalue weighted by molar-refractivity contribution is 7.97. The van der Waals surface area contributed by atoms with Gasteiger partial charge in [0.05, 0.1) is 10.9 Å². The van der Waals surface area contributed by atoms with Crippen LogP contribution in [-0.2, 0) is 10.9 Å². The third-order valence-corrected chi connectivity index (χ3v) is 9.03. The molecule has 0 aromatic heterocycles. The van der Waals surface area contributed by atoms with Gasteiger partial charge in [0.1, 0.15) is 0 Å². The molecule has 0 amide bonds. The predicted octanol–water partition coefficient (Wildman–Crippen LogP) is 9.49. The van der Waals surface area contributed by atoms with E-state index >= 15 is 0 Å². The largest absolute Gasteiger partial charge is 0.166 e. The molecule has 0 fully saturated rings. The maximum Gasteiger partial charge on any atom is 0.166 e. The SMILES string of the molecule is Cc1c(C(C)C)cc(C(C)C)cc1C(C)c1cccc([S+](c2ccccc2)c2ccccc2)c1. The molecule has 0 aliphatic rings. The molecule has 0 aliphatic carbocycles. The first-order valence-electron chi connectivity index (χ1n) is 12.5. The Balaban J connectivity index is 1.81. The first-order chi connectivity index (χ1) is 16.4. The predicted molar refractivity (Wildman–Crippen MR) is 148 cm³/mol. The van der Waals surface area contributed by atoms with Gasteiger partial charge in [0.25, 0.3) is 0 Å². The van der Waals surface area contributed by atoms with E-state index < -0.39 is 0 Å². The minimum atomic E-state index is -0.127. The minimum absolute atomic E-state index is 0.127. The topological polar surface area (TPSA) is 0 Å². The van der Waals surface area contributed by atoms with Gasteiger partial charge >= 0.3 is 0 Å². The van der Waals surface area contributed by atoms with Crippen LogP contribution in [0.15, 0.2) is 112 Å². The second-order valence-electron chi connectivity index (χ2n) is 9.86. The maximum atomic E-state index is 2.46. The molecule has 0 saturated heterocycles. The van der Waals surface area contributed by atoms with Gasteiger partial charge < -0.3 is 0 Å². The van der Waals surface area contributed by atoms with Crippen molar-refractivity contribution in [2.45, 2.75) is 74.0 Å². The van der Waals surface area contributed by atoms with Gasteiger partial charge in [0.2, 0.25) is 0 Å². The van der Waals surface area contributed by atoms with Crippen molar-refractivity contribution in [3.8, 4) is 0 Å². The molecular weight excluding hydrogens is 428 g/mol.